The molecule has 2 rings (SSSR count). The van der Waals surface area contributed by atoms with Gasteiger partial charge in [0.15, 0.2) is 0 Å². The van der Waals surface area contributed by atoms with Gasteiger partial charge in [-0.05, 0) is 62.7 Å². The van der Waals surface area contributed by atoms with Crippen molar-refractivity contribution in [2.75, 3.05) is 11.9 Å². The van der Waals surface area contributed by atoms with Gasteiger partial charge in [-0.25, -0.2) is 0 Å². The Bertz CT molecular complexity index is 883. The molecular formula is C23H29N3O5. The van der Waals surface area contributed by atoms with Crippen molar-refractivity contribution in [3.05, 3.63) is 54.1 Å². The third-order valence-electron chi connectivity index (χ3n) is 4.35. The molecule has 0 spiro atoms. The number of anilines is 1. The smallest absolute Gasteiger partial charge is 0.269 e. The minimum Gasteiger partial charge on any atom is -0.494 e. The van der Waals surface area contributed by atoms with Gasteiger partial charge in [0.1, 0.15) is 11.5 Å². The molecule has 0 aromatic heterocycles. The van der Waals surface area contributed by atoms with E-state index in [1.165, 1.54) is 0 Å². The van der Waals surface area contributed by atoms with E-state index in [1.54, 1.807) is 48.5 Å². The predicted molar refractivity (Wildman–Crippen MR) is 118 cm³/mol. The molecule has 0 bridgehead atoms. The first-order valence-corrected chi connectivity index (χ1v) is 10.3. The van der Waals surface area contributed by atoms with Gasteiger partial charge in [-0.15, -0.1) is 0 Å². The lowest BCUT2D eigenvalue weighted by Crippen LogP contribution is -2.41. The summed E-state index contributed by atoms with van der Waals surface area (Å²) in [6.45, 7) is 6.41. The second kappa shape index (κ2) is 12.2. The molecule has 0 radical (unpaired) electrons. The first kappa shape index (κ1) is 23.7. The van der Waals surface area contributed by atoms with E-state index in [9.17, 15) is 14.4 Å². The topological polar surface area (TPSA) is 106 Å². The van der Waals surface area contributed by atoms with Crippen molar-refractivity contribution in [1.82, 2.24) is 10.9 Å². The monoisotopic (exact) mass is 427 g/mol. The zero-order valence-electron chi connectivity index (χ0n) is 18.1. The Labute approximate surface area is 182 Å². The Morgan fingerprint density at radius 1 is 0.903 bits per heavy atom. The van der Waals surface area contributed by atoms with E-state index in [4.69, 9.17) is 9.47 Å². The molecule has 3 amide bonds. The first-order chi connectivity index (χ1) is 14.9. The molecule has 8 heteroatoms. The highest BCUT2D eigenvalue weighted by Crippen LogP contribution is 2.17. The molecule has 8 nitrogen and oxygen atoms in total. The molecule has 166 valence electrons. The largest absolute Gasteiger partial charge is 0.494 e. The summed E-state index contributed by atoms with van der Waals surface area (Å²) in [5, 5.41) is 2.71. The SMILES string of the molecule is CCOc1ccc(NC(=O)CCC(=O)NNC(=O)c2cccc(OC(C)CC)c2)cc1. The Hall–Kier alpha value is -3.55. The number of nitrogens with one attached hydrogen (secondary N) is 3. The number of carbonyl (C=O) groups excluding carboxylic acids is 3. The zero-order valence-corrected chi connectivity index (χ0v) is 18.1. The van der Waals surface area contributed by atoms with Gasteiger partial charge in [0.05, 0.1) is 12.7 Å². The van der Waals surface area contributed by atoms with Crippen molar-refractivity contribution in [3.63, 3.8) is 0 Å². The van der Waals surface area contributed by atoms with Crippen molar-refractivity contribution >= 4 is 23.4 Å². The molecule has 0 aliphatic carbocycles. The number of benzene rings is 2. The van der Waals surface area contributed by atoms with E-state index in [0.717, 1.165) is 6.42 Å². The minimum atomic E-state index is -0.471. The zero-order chi connectivity index (χ0) is 22.6. The maximum Gasteiger partial charge on any atom is 0.269 e. The van der Waals surface area contributed by atoms with Crippen LogP contribution >= 0.6 is 0 Å². The number of carbonyl (C=O) groups is 3. The average Bonchev–Trinajstić information content (AvgIpc) is 2.77. The molecule has 2 aromatic rings. The molecule has 31 heavy (non-hydrogen) atoms. The fraction of sp³-hybridized carbons (Fsp3) is 0.348. The molecule has 0 heterocycles. The Morgan fingerprint density at radius 3 is 2.29 bits per heavy atom. The third-order valence-corrected chi connectivity index (χ3v) is 4.35. The number of hydrazine groups is 1. The number of ether oxygens (including phenoxy) is 2. The van der Waals surface area contributed by atoms with Crippen molar-refractivity contribution in [2.24, 2.45) is 0 Å². The average molecular weight is 428 g/mol. The lowest BCUT2D eigenvalue weighted by atomic mass is 10.2. The van der Waals surface area contributed by atoms with Crippen LogP contribution in [0.4, 0.5) is 5.69 Å². The van der Waals surface area contributed by atoms with E-state index in [-0.39, 0.29) is 24.9 Å². The van der Waals surface area contributed by atoms with Crippen LogP contribution in [0.1, 0.15) is 50.4 Å². The Morgan fingerprint density at radius 2 is 1.61 bits per heavy atom. The van der Waals surface area contributed by atoms with E-state index in [2.05, 4.69) is 16.2 Å². The van der Waals surface area contributed by atoms with Gasteiger partial charge in [-0.1, -0.05) is 13.0 Å². The van der Waals surface area contributed by atoms with E-state index >= 15 is 0 Å². The highest BCUT2D eigenvalue weighted by Gasteiger charge is 2.11. The maximum atomic E-state index is 12.2. The minimum absolute atomic E-state index is 0.0207. The van der Waals surface area contributed by atoms with Gasteiger partial charge in [0.25, 0.3) is 5.91 Å². The summed E-state index contributed by atoms with van der Waals surface area (Å²) in [6, 6.07) is 13.7. The Balaban J connectivity index is 1.74. The molecule has 0 aliphatic rings. The second-order valence-corrected chi connectivity index (χ2v) is 6.87. The van der Waals surface area contributed by atoms with Crippen LogP contribution in [0, 0.1) is 0 Å². The van der Waals surface area contributed by atoms with E-state index in [1.807, 2.05) is 20.8 Å². The summed E-state index contributed by atoms with van der Waals surface area (Å²) in [4.78, 5) is 36.2. The quantitative estimate of drug-likeness (QED) is 0.504. The lowest BCUT2D eigenvalue weighted by Gasteiger charge is -2.13. The normalized spacial score (nSPS) is 11.2. The number of rotatable bonds is 10. The van der Waals surface area contributed by atoms with Crippen LogP contribution in [0.15, 0.2) is 48.5 Å². The molecule has 0 saturated heterocycles. The van der Waals surface area contributed by atoms with Crippen molar-refractivity contribution < 1.29 is 23.9 Å². The van der Waals surface area contributed by atoms with Crippen LogP contribution in [0.25, 0.3) is 0 Å². The summed E-state index contributed by atoms with van der Waals surface area (Å²) in [5.41, 5.74) is 5.63. The molecular weight excluding hydrogens is 398 g/mol. The highest BCUT2D eigenvalue weighted by atomic mass is 16.5. The van der Waals surface area contributed by atoms with Crippen LogP contribution in [0.5, 0.6) is 11.5 Å². The molecule has 2 aromatic carbocycles. The van der Waals surface area contributed by atoms with Crippen LogP contribution < -0.4 is 25.6 Å². The van der Waals surface area contributed by atoms with Crippen LogP contribution in [0.2, 0.25) is 0 Å². The third kappa shape index (κ3) is 8.38. The highest BCUT2D eigenvalue weighted by molar-refractivity contribution is 5.96. The molecule has 3 N–H and O–H groups in total. The first-order valence-electron chi connectivity index (χ1n) is 10.3. The molecule has 1 unspecified atom stereocenters. The Kier molecular flexibility index (Phi) is 9.35. The second-order valence-electron chi connectivity index (χ2n) is 6.87. The van der Waals surface area contributed by atoms with Crippen molar-refractivity contribution in [1.29, 1.82) is 0 Å². The summed E-state index contributed by atoms with van der Waals surface area (Å²) in [7, 11) is 0. The van der Waals surface area contributed by atoms with Gasteiger partial charge in [-0.3, -0.25) is 25.2 Å². The molecule has 0 saturated carbocycles. The van der Waals surface area contributed by atoms with Crippen molar-refractivity contribution in [2.45, 2.75) is 46.1 Å². The van der Waals surface area contributed by atoms with Gasteiger partial charge < -0.3 is 14.8 Å². The van der Waals surface area contributed by atoms with Crippen LogP contribution in [0.3, 0.4) is 0 Å². The lowest BCUT2D eigenvalue weighted by molar-refractivity contribution is -0.124. The number of hydrogen-bond acceptors (Lipinski definition) is 5. The number of amides is 3. The van der Waals surface area contributed by atoms with Gasteiger partial charge in [0, 0.05) is 24.1 Å². The maximum absolute atomic E-state index is 12.2. The fourth-order valence-corrected chi connectivity index (χ4v) is 2.54. The summed E-state index contributed by atoms with van der Waals surface area (Å²) >= 11 is 0. The molecule has 0 aliphatic heterocycles. The standard InChI is InChI=1S/C23H29N3O5/c1-4-16(3)31-20-8-6-7-17(15-20)23(29)26-25-22(28)14-13-21(27)24-18-9-11-19(12-10-18)30-5-2/h6-12,15-16H,4-5,13-14H2,1-3H3,(H,24,27)(H,25,28)(H,26,29). The summed E-state index contributed by atoms with van der Waals surface area (Å²) in [5.74, 6) is 0.0522. The summed E-state index contributed by atoms with van der Waals surface area (Å²) < 4.78 is 11.0. The van der Waals surface area contributed by atoms with Crippen LogP contribution in [-0.2, 0) is 9.59 Å². The van der Waals surface area contributed by atoms with E-state index < -0.39 is 11.8 Å². The van der Waals surface area contributed by atoms with Gasteiger partial charge in [-0.2, -0.15) is 0 Å². The molecule has 1 atom stereocenters. The van der Waals surface area contributed by atoms with Gasteiger partial charge in [0.2, 0.25) is 11.8 Å². The number of hydrogen-bond donors (Lipinski definition) is 3. The van der Waals surface area contributed by atoms with Crippen molar-refractivity contribution in [3.8, 4) is 11.5 Å². The molecule has 0 fully saturated rings. The summed E-state index contributed by atoms with van der Waals surface area (Å²) in [6.07, 6.45) is 0.790. The van der Waals surface area contributed by atoms with Gasteiger partial charge >= 0.3 is 0 Å². The van der Waals surface area contributed by atoms with Crippen LogP contribution in [-0.4, -0.2) is 30.4 Å². The predicted octanol–water partition coefficient (Wildman–Crippen LogP) is 3.44. The van der Waals surface area contributed by atoms with E-state index in [0.29, 0.717) is 29.4 Å². The fourth-order valence-electron chi connectivity index (χ4n) is 2.54.